The summed E-state index contributed by atoms with van der Waals surface area (Å²) in [7, 11) is 0. The van der Waals surface area contributed by atoms with Gasteiger partial charge < -0.3 is 15.5 Å². The Morgan fingerprint density at radius 2 is 2.00 bits per heavy atom. The maximum Gasteiger partial charge on any atom is 0.239 e. The van der Waals surface area contributed by atoms with Crippen LogP contribution in [0.4, 0.5) is 0 Å². The zero-order valence-corrected chi connectivity index (χ0v) is 12.6. The van der Waals surface area contributed by atoms with Crippen LogP contribution < -0.4 is 10.6 Å². The van der Waals surface area contributed by atoms with E-state index in [1.54, 1.807) is 6.08 Å². The summed E-state index contributed by atoms with van der Waals surface area (Å²) in [4.78, 5) is 28.0. The van der Waals surface area contributed by atoms with Crippen LogP contribution >= 0.6 is 0 Å². The molecule has 6 heteroatoms. The first kappa shape index (κ1) is 16.0. The van der Waals surface area contributed by atoms with Gasteiger partial charge in [0.1, 0.15) is 0 Å². The Hall–Kier alpha value is -1.40. The lowest BCUT2D eigenvalue weighted by atomic mass is 10.0. The van der Waals surface area contributed by atoms with Gasteiger partial charge in [-0.2, -0.15) is 0 Å². The van der Waals surface area contributed by atoms with Crippen LogP contribution in [-0.2, 0) is 9.59 Å². The van der Waals surface area contributed by atoms with Crippen LogP contribution in [0.3, 0.4) is 0 Å². The summed E-state index contributed by atoms with van der Waals surface area (Å²) in [5.41, 5.74) is 0. The Balaban J connectivity index is 1.71. The number of piperidine rings is 1. The van der Waals surface area contributed by atoms with Crippen LogP contribution in [0.5, 0.6) is 0 Å². The largest absolute Gasteiger partial charge is 0.352 e. The highest BCUT2D eigenvalue weighted by molar-refractivity contribution is 5.82. The summed E-state index contributed by atoms with van der Waals surface area (Å²) in [5, 5.41) is 6.08. The summed E-state index contributed by atoms with van der Waals surface area (Å²) in [6, 6.07) is 0.00110. The van der Waals surface area contributed by atoms with Crippen molar-refractivity contribution in [2.45, 2.75) is 25.3 Å². The number of rotatable bonds is 5. The molecule has 0 aliphatic carbocycles. The van der Waals surface area contributed by atoms with Gasteiger partial charge >= 0.3 is 0 Å². The first-order chi connectivity index (χ1) is 10.2. The van der Waals surface area contributed by atoms with E-state index in [1.807, 2.05) is 4.90 Å². The number of amides is 2. The highest BCUT2D eigenvalue weighted by Crippen LogP contribution is 2.11. The highest BCUT2D eigenvalue weighted by Gasteiger charge is 2.28. The fourth-order valence-electron chi connectivity index (χ4n) is 2.85. The van der Waals surface area contributed by atoms with E-state index in [2.05, 4.69) is 22.1 Å². The SMILES string of the molecule is C=CCNC(=O)CN1CCN(C(=O)[C@@H]2CCCCN2)CC1. The third kappa shape index (κ3) is 4.82. The van der Waals surface area contributed by atoms with Gasteiger partial charge in [-0.25, -0.2) is 0 Å². The molecule has 0 unspecified atom stereocenters. The van der Waals surface area contributed by atoms with Crippen molar-refractivity contribution in [3.05, 3.63) is 12.7 Å². The van der Waals surface area contributed by atoms with E-state index in [4.69, 9.17) is 0 Å². The Kier molecular flexibility index (Phi) is 6.20. The molecule has 0 aromatic heterocycles. The van der Waals surface area contributed by atoms with Gasteiger partial charge in [-0.05, 0) is 19.4 Å². The quantitative estimate of drug-likeness (QED) is 0.676. The van der Waals surface area contributed by atoms with Crippen LogP contribution in [0.25, 0.3) is 0 Å². The Labute approximate surface area is 126 Å². The topological polar surface area (TPSA) is 64.7 Å². The van der Waals surface area contributed by atoms with Gasteiger partial charge in [0.2, 0.25) is 11.8 Å². The summed E-state index contributed by atoms with van der Waals surface area (Å²) in [6.07, 6.45) is 4.92. The van der Waals surface area contributed by atoms with E-state index in [1.165, 1.54) is 0 Å². The molecule has 0 spiro atoms. The van der Waals surface area contributed by atoms with Crippen molar-refractivity contribution in [2.24, 2.45) is 0 Å². The van der Waals surface area contributed by atoms with E-state index in [9.17, 15) is 9.59 Å². The van der Waals surface area contributed by atoms with E-state index < -0.39 is 0 Å². The van der Waals surface area contributed by atoms with Crippen LogP contribution in [0.15, 0.2) is 12.7 Å². The molecule has 2 amide bonds. The maximum atomic E-state index is 12.4. The van der Waals surface area contributed by atoms with E-state index in [-0.39, 0.29) is 17.9 Å². The molecular weight excluding hydrogens is 268 g/mol. The van der Waals surface area contributed by atoms with Gasteiger partial charge in [0.05, 0.1) is 12.6 Å². The molecule has 1 atom stereocenters. The minimum Gasteiger partial charge on any atom is -0.352 e. The summed E-state index contributed by atoms with van der Waals surface area (Å²) >= 11 is 0. The predicted octanol–water partition coefficient (Wildman–Crippen LogP) is -0.425. The summed E-state index contributed by atoms with van der Waals surface area (Å²) in [6.45, 7) is 8.38. The molecule has 2 aliphatic heterocycles. The molecular formula is C15H26N4O2. The molecule has 2 N–H and O–H groups in total. The average molecular weight is 294 g/mol. The van der Waals surface area contributed by atoms with Crippen molar-refractivity contribution in [2.75, 3.05) is 45.8 Å². The van der Waals surface area contributed by atoms with E-state index >= 15 is 0 Å². The minimum atomic E-state index is 0.00110. The Bertz CT molecular complexity index is 372. The van der Waals surface area contributed by atoms with Gasteiger partial charge in [0.25, 0.3) is 0 Å². The second-order valence-electron chi connectivity index (χ2n) is 5.70. The first-order valence-electron chi connectivity index (χ1n) is 7.83. The number of hydrogen-bond acceptors (Lipinski definition) is 4. The molecule has 0 aromatic rings. The van der Waals surface area contributed by atoms with Crippen molar-refractivity contribution >= 4 is 11.8 Å². The molecule has 2 saturated heterocycles. The molecule has 2 aliphatic rings. The zero-order valence-electron chi connectivity index (χ0n) is 12.6. The Morgan fingerprint density at radius 1 is 1.24 bits per heavy atom. The number of carbonyl (C=O) groups is 2. The third-order valence-corrected chi connectivity index (χ3v) is 4.10. The van der Waals surface area contributed by atoms with Crippen LogP contribution in [0.2, 0.25) is 0 Å². The standard InChI is InChI=1S/C15H26N4O2/c1-2-6-17-14(20)12-18-8-10-19(11-9-18)15(21)13-5-3-4-7-16-13/h2,13,16H,1,3-12H2,(H,17,20)/t13-/m0/s1. The number of piperazine rings is 1. The van der Waals surface area contributed by atoms with Crippen molar-refractivity contribution in [3.63, 3.8) is 0 Å². The van der Waals surface area contributed by atoms with E-state index in [0.717, 1.165) is 38.9 Å². The third-order valence-electron chi connectivity index (χ3n) is 4.10. The van der Waals surface area contributed by atoms with Gasteiger partial charge in [-0.3, -0.25) is 14.5 Å². The summed E-state index contributed by atoms with van der Waals surface area (Å²) < 4.78 is 0. The lowest BCUT2D eigenvalue weighted by Gasteiger charge is -2.37. The fraction of sp³-hybridized carbons (Fsp3) is 0.733. The lowest BCUT2D eigenvalue weighted by molar-refractivity contribution is -0.136. The number of hydrogen-bond donors (Lipinski definition) is 2. The van der Waals surface area contributed by atoms with Crippen molar-refractivity contribution in [3.8, 4) is 0 Å². The number of carbonyl (C=O) groups excluding carboxylic acids is 2. The number of nitrogens with one attached hydrogen (secondary N) is 2. The summed E-state index contributed by atoms with van der Waals surface area (Å²) in [5.74, 6) is 0.245. The molecule has 118 valence electrons. The Morgan fingerprint density at radius 3 is 2.62 bits per heavy atom. The number of nitrogens with zero attached hydrogens (tertiary/aromatic N) is 2. The molecule has 6 nitrogen and oxygen atoms in total. The monoisotopic (exact) mass is 294 g/mol. The van der Waals surface area contributed by atoms with Crippen LogP contribution in [-0.4, -0.2) is 73.5 Å². The van der Waals surface area contributed by atoms with E-state index in [0.29, 0.717) is 26.2 Å². The van der Waals surface area contributed by atoms with Gasteiger partial charge in [0, 0.05) is 32.7 Å². The minimum absolute atomic E-state index is 0.00110. The van der Waals surface area contributed by atoms with Gasteiger partial charge in [-0.15, -0.1) is 6.58 Å². The lowest BCUT2D eigenvalue weighted by Crippen LogP contribution is -2.56. The average Bonchev–Trinajstić information content (AvgIpc) is 2.54. The first-order valence-corrected chi connectivity index (χ1v) is 7.83. The van der Waals surface area contributed by atoms with Gasteiger partial charge in [-0.1, -0.05) is 12.5 Å². The molecule has 2 heterocycles. The predicted molar refractivity (Wildman–Crippen MR) is 81.9 cm³/mol. The molecule has 0 saturated carbocycles. The molecule has 0 radical (unpaired) electrons. The molecule has 21 heavy (non-hydrogen) atoms. The molecule has 0 bridgehead atoms. The molecule has 0 aromatic carbocycles. The highest BCUT2D eigenvalue weighted by atomic mass is 16.2. The van der Waals surface area contributed by atoms with Gasteiger partial charge in [0.15, 0.2) is 0 Å². The normalized spacial score (nSPS) is 23.6. The van der Waals surface area contributed by atoms with Crippen LogP contribution in [0.1, 0.15) is 19.3 Å². The zero-order chi connectivity index (χ0) is 15.1. The maximum absolute atomic E-state index is 12.4. The smallest absolute Gasteiger partial charge is 0.239 e. The van der Waals surface area contributed by atoms with Crippen molar-refractivity contribution in [1.82, 2.24) is 20.4 Å². The van der Waals surface area contributed by atoms with Crippen molar-refractivity contribution < 1.29 is 9.59 Å². The molecule has 2 fully saturated rings. The second kappa shape index (κ2) is 8.14. The molecule has 2 rings (SSSR count). The second-order valence-corrected chi connectivity index (χ2v) is 5.70. The van der Waals surface area contributed by atoms with Crippen molar-refractivity contribution in [1.29, 1.82) is 0 Å². The fourth-order valence-corrected chi connectivity index (χ4v) is 2.85. The van der Waals surface area contributed by atoms with Crippen LogP contribution in [0, 0.1) is 0 Å².